The van der Waals surface area contributed by atoms with Crippen molar-refractivity contribution in [3.8, 4) is 6.07 Å². The summed E-state index contributed by atoms with van der Waals surface area (Å²) in [5.41, 5.74) is 7.39. The molecular weight excluding hydrogens is 314 g/mol. The Morgan fingerprint density at radius 3 is 1.58 bits per heavy atom. The van der Waals surface area contributed by atoms with E-state index in [9.17, 15) is 5.26 Å². The average molecular weight is 333 g/mol. The summed E-state index contributed by atoms with van der Waals surface area (Å²) in [6.45, 7) is 2.29. The third-order valence-electron chi connectivity index (χ3n) is 7.45. The zero-order valence-corrected chi connectivity index (χ0v) is 14.7. The fraction of sp³-hybridized carbons (Fsp3) is 0.240. The maximum absolute atomic E-state index is 10.7. The van der Waals surface area contributed by atoms with Crippen molar-refractivity contribution in [2.45, 2.75) is 30.6 Å². The smallest absolute Gasteiger partial charge is 0.115 e. The molecule has 3 aliphatic carbocycles. The van der Waals surface area contributed by atoms with Crippen molar-refractivity contribution in [1.29, 1.82) is 5.26 Å². The number of rotatable bonds is 1. The van der Waals surface area contributed by atoms with E-state index < -0.39 is 5.41 Å². The number of nitrogens with zero attached hydrogens (tertiary/aromatic N) is 1. The molecule has 0 spiro atoms. The molecule has 3 aromatic rings. The van der Waals surface area contributed by atoms with Crippen LogP contribution in [0.5, 0.6) is 0 Å². The van der Waals surface area contributed by atoms with Gasteiger partial charge in [-0.2, -0.15) is 5.26 Å². The second-order valence-corrected chi connectivity index (χ2v) is 7.93. The molecule has 0 fully saturated rings. The third-order valence-corrected chi connectivity index (χ3v) is 7.45. The fourth-order valence-corrected chi connectivity index (χ4v) is 6.81. The van der Waals surface area contributed by atoms with Crippen LogP contribution in [0.4, 0.5) is 0 Å². The normalized spacial score (nSPS) is 31.7. The molecule has 0 radical (unpaired) electrons. The molecule has 0 amide bonds. The highest BCUT2D eigenvalue weighted by Crippen LogP contribution is 2.79. The summed E-state index contributed by atoms with van der Waals surface area (Å²) < 4.78 is 0. The van der Waals surface area contributed by atoms with Gasteiger partial charge in [-0.15, -0.1) is 0 Å². The van der Waals surface area contributed by atoms with E-state index in [4.69, 9.17) is 0 Å². The van der Waals surface area contributed by atoms with E-state index in [1.165, 1.54) is 33.4 Å². The van der Waals surface area contributed by atoms with Gasteiger partial charge in [-0.25, -0.2) is 0 Å². The Morgan fingerprint density at radius 2 is 1.15 bits per heavy atom. The van der Waals surface area contributed by atoms with E-state index in [0.717, 1.165) is 6.42 Å². The summed E-state index contributed by atoms with van der Waals surface area (Å²) in [6.07, 6.45) is 0.994. The van der Waals surface area contributed by atoms with Gasteiger partial charge in [0.1, 0.15) is 5.41 Å². The van der Waals surface area contributed by atoms with Gasteiger partial charge in [-0.3, -0.25) is 0 Å². The van der Waals surface area contributed by atoms with Crippen LogP contribution in [0.15, 0.2) is 72.8 Å². The van der Waals surface area contributed by atoms with E-state index >= 15 is 0 Å². The molecule has 3 aliphatic rings. The summed E-state index contributed by atoms with van der Waals surface area (Å²) >= 11 is 0. The predicted molar refractivity (Wildman–Crippen MR) is 102 cm³/mol. The third kappa shape index (κ3) is 1.18. The molecule has 1 heteroatoms. The summed E-state index contributed by atoms with van der Waals surface area (Å²) in [6, 6.07) is 29.2. The van der Waals surface area contributed by atoms with Crippen molar-refractivity contribution < 1.29 is 0 Å². The van der Waals surface area contributed by atoms with Gasteiger partial charge in [0.2, 0.25) is 0 Å². The highest BCUT2D eigenvalue weighted by atomic mass is 14.7. The molecular formula is C25H19N. The van der Waals surface area contributed by atoms with Crippen molar-refractivity contribution in [1.82, 2.24) is 0 Å². The Morgan fingerprint density at radius 1 is 0.731 bits per heavy atom. The van der Waals surface area contributed by atoms with Crippen LogP contribution in [0, 0.1) is 16.7 Å². The van der Waals surface area contributed by atoms with Crippen LogP contribution in [0.25, 0.3) is 0 Å². The van der Waals surface area contributed by atoms with Crippen molar-refractivity contribution in [2.75, 3.05) is 0 Å². The zero-order valence-electron chi connectivity index (χ0n) is 14.7. The largest absolute Gasteiger partial charge is 0.197 e. The lowest BCUT2D eigenvalue weighted by atomic mass is 9.59. The molecule has 3 aromatic carbocycles. The van der Waals surface area contributed by atoms with Crippen LogP contribution in [0.1, 0.15) is 58.6 Å². The van der Waals surface area contributed by atoms with E-state index in [0.29, 0.717) is 11.8 Å². The molecule has 0 bridgehead atoms. The molecule has 1 nitrogen and oxygen atoms in total. The van der Waals surface area contributed by atoms with Gasteiger partial charge in [-0.05, 0) is 39.8 Å². The van der Waals surface area contributed by atoms with Crippen molar-refractivity contribution in [3.63, 3.8) is 0 Å². The Bertz CT molecular complexity index is 1040. The molecule has 0 saturated heterocycles. The number of nitriles is 1. The summed E-state index contributed by atoms with van der Waals surface area (Å²) in [7, 11) is 0. The van der Waals surface area contributed by atoms with Gasteiger partial charge >= 0.3 is 0 Å². The van der Waals surface area contributed by atoms with Crippen LogP contribution in [0.2, 0.25) is 0 Å². The van der Waals surface area contributed by atoms with Crippen LogP contribution in [-0.2, 0) is 5.41 Å². The Hall–Kier alpha value is -2.85. The van der Waals surface area contributed by atoms with Crippen LogP contribution in [0.3, 0.4) is 0 Å². The van der Waals surface area contributed by atoms with Gasteiger partial charge in [0.15, 0.2) is 0 Å². The van der Waals surface area contributed by atoms with E-state index in [2.05, 4.69) is 85.8 Å². The van der Waals surface area contributed by atoms with Crippen LogP contribution in [-0.4, -0.2) is 0 Å². The number of fused-ring (bicyclic) bond motifs is 9. The topological polar surface area (TPSA) is 23.8 Å². The number of benzene rings is 3. The lowest BCUT2D eigenvalue weighted by Crippen LogP contribution is -2.40. The second-order valence-electron chi connectivity index (χ2n) is 7.93. The quantitative estimate of drug-likeness (QED) is 0.577. The van der Waals surface area contributed by atoms with Gasteiger partial charge in [0.25, 0.3) is 0 Å². The van der Waals surface area contributed by atoms with E-state index in [1.54, 1.807) is 0 Å². The standard InChI is InChI=1S/C25H19N/c1-2-24-22-16-9-3-4-10-17(16)23(24)19-12-6-8-14-21(19)25(24,15-26)20-13-7-5-11-18(20)22/h3-14,22-23H,2H2,1H3/t22-,23+,24?,25?. The monoisotopic (exact) mass is 333 g/mol. The molecule has 4 atom stereocenters. The second kappa shape index (κ2) is 4.46. The molecule has 2 unspecified atom stereocenters. The van der Waals surface area contributed by atoms with Crippen molar-refractivity contribution in [2.24, 2.45) is 5.41 Å². The van der Waals surface area contributed by atoms with Crippen molar-refractivity contribution >= 4 is 0 Å². The minimum atomic E-state index is -0.552. The number of hydrogen-bond donors (Lipinski definition) is 0. The Balaban J connectivity index is 1.88. The lowest BCUT2D eigenvalue weighted by Gasteiger charge is -2.40. The fourth-order valence-electron chi connectivity index (χ4n) is 6.81. The molecule has 0 N–H and O–H groups in total. The minimum Gasteiger partial charge on any atom is -0.197 e. The molecule has 6 rings (SSSR count). The summed E-state index contributed by atoms with van der Waals surface area (Å²) in [5.74, 6) is 0.605. The molecule has 0 aliphatic heterocycles. The lowest BCUT2D eigenvalue weighted by molar-refractivity contribution is 0.198. The Labute approximate surface area is 153 Å². The Kier molecular flexibility index (Phi) is 2.46. The maximum Gasteiger partial charge on any atom is 0.115 e. The predicted octanol–water partition coefficient (Wildman–Crippen LogP) is 5.50. The average Bonchev–Trinajstić information content (AvgIpc) is 3.24. The molecule has 0 saturated carbocycles. The first-order valence-electron chi connectivity index (χ1n) is 9.50. The highest BCUT2D eigenvalue weighted by molar-refractivity contribution is 5.74. The van der Waals surface area contributed by atoms with Crippen LogP contribution < -0.4 is 0 Å². The zero-order chi connectivity index (χ0) is 17.5. The van der Waals surface area contributed by atoms with Gasteiger partial charge in [-0.1, -0.05) is 79.7 Å². The first-order chi connectivity index (χ1) is 12.8. The van der Waals surface area contributed by atoms with Crippen LogP contribution >= 0.6 is 0 Å². The highest BCUT2D eigenvalue weighted by Gasteiger charge is 2.74. The van der Waals surface area contributed by atoms with Gasteiger partial charge in [0.05, 0.1) is 6.07 Å². The van der Waals surface area contributed by atoms with Crippen molar-refractivity contribution in [3.05, 3.63) is 106 Å². The molecule has 0 aromatic heterocycles. The molecule has 124 valence electrons. The first-order valence-corrected chi connectivity index (χ1v) is 9.50. The maximum atomic E-state index is 10.7. The first kappa shape index (κ1) is 14.3. The van der Waals surface area contributed by atoms with E-state index in [1.807, 2.05) is 0 Å². The van der Waals surface area contributed by atoms with E-state index in [-0.39, 0.29) is 5.41 Å². The SMILES string of the molecule is CCC12[C@@H]3c4ccccc4[C@H]1c1ccccc1C2(C#N)c1ccccc13. The van der Waals surface area contributed by atoms with Gasteiger partial charge in [0, 0.05) is 17.3 Å². The number of hydrogen-bond acceptors (Lipinski definition) is 1. The minimum absolute atomic E-state index is 0.112. The summed E-state index contributed by atoms with van der Waals surface area (Å²) in [4.78, 5) is 0. The van der Waals surface area contributed by atoms with Gasteiger partial charge < -0.3 is 0 Å². The molecule has 26 heavy (non-hydrogen) atoms. The molecule has 0 heterocycles. The summed E-state index contributed by atoms with van der Waals surface area (Å²) in [5, 5.41) is 10.7.